The Morgan fingerprint density at radius 1 is 1.25 bits per heavy atom. The van der Waals surface area contributed by atoms with Crippen LogP contribution >= 0.6 is 0 Å². The lowest BCUT2D eigenvalue weighted by molar-refractivity contribution is -0.154. The van der Waals surface area contributed by atoms with Gasteiger partial charge in [0.2, 0.25) is 6.41 Å². The maximum Gasteiger partial charge on any atom is 0.334 e. The molecule has 2 aromatic rings. The van der Waals surface area contributed by atoms with Crippen LogP contribution in [0.15, 0.2) is 42.5 Å². The molecule has 1 N–H and O–H groups in total. The molecule has 4 heteroatoms. The molecule has 0 radical (unpaired) electrons. The fourth-order valence-electron chi connectivity index (χ4n) is 2.40. The average Bonchev–Trinajstić information content (AvgIpc) is 2.47. The van der Waals surface area contributed by atoms with Crippen molar-refractivity contribution >= 4 is 23.2 Å². The van der Waals surface area contributed by atoms with Crippen LogP contribution in [0.3, 0.4) is 0 Å². The first-order valence-electron chi connectivity index (χ1n) is 6.48. The van der Waals surface area contributed by atoms with E-state index in [9.17, 15) is 14.7 Å². The van der Waals surface area contributed by atoms with Gasteiger partial charge in [0.15, 0.2) is 5.54 Å². The molecule has 2 rings (SSSR count). The van der Waals surface area contributed by atoms with Crippen molar-refractivity contribution in [2.45, 2.75) is 19.4 Å². The van der Waals surface area contributed by atoms with Gasteiger partial charge in [0, 0.05) is 6.54 Å². The van der Waals surface area contributed by atoms with Gasteiger partial charge < -0.3 is 10.0 Å². The second kappa shape index (κ2) is 5.33. The van der Waals surface area contributed by atoms with E-state index in [2.05, 4.69) is 0 Å². The minimum Gasteiger partial charge on any atom is -0.479 e. The fourth-order valence-corrected chi connectivity index (χ4v) is 2.40. The molecule has 0 saturated heterocycles. The first-order valence-corrected chi connectivity index (χ1v) is 6.48. The molecule has 0 aliphatic rings. The van der Waals surface area contributed by atoms with Crippen molar-refractivity contribution in [3.05, 3.63) is 48.0 Å². The first kappa shape index (κ1) is 14.1. The molecule has 0 fully saturated rings. The fraction of sp³-hybridized carbons (Fsp3) is 0.250. The van der Waals surface area contributed by atoms with Gasteiger partial charge in [-0.2, -0.15) is 0 Å². The van der Waals surface area contributed by atoms with Crippen LogP contribution in [0.2, 0.25) is 0 Å². The number of rotatable bonds is 5. The molecule has 2 aromatic carbocycles. The molecule has 0 aliphatic carbocycles. The van der Waals surface area contributed by atoms with Crippen molar-refractivity contribution in [2.24, 2.45) is 0 Å². The highest BCUT2D eigenvalue weighted by Crippen LogP contribution is 2.30. The van der Waals surface area contributed by atoms with Gasteiger partial charge in [-0.25, -0.2) is 4.79 Å². The lowest BCUT2D eigenvalue weighted by Gasteiger charge is -2.35. The maximum absolute atomic E-state index is 11.7. The van der Waals surface area contributed by atoms with Crippen LogP contribution in [0, 0.1) is 0 Å². The normalized spacial score (nSPS) is 13.7. The smallest absolute Gasteiger partial charge is 0.334 e. The average molecular weight is 271 g/mol. The summed E-state index contributed by atoms with van der Waals surface area (Å²) in [5.41, 5.74) is -0.766. The number of hydrogen-bond donors (Lipinski definition) is 1. The Hall–Kier alpha value is -2.36. The van der Waals surface area contributed by atoms with E-state index in [0.29, 0.717) is 18.5 Å². The van der Waals surface area contributed by atoms with E-state index in [1.54, 1.807) is 19.9 Å². The second-order valence-corrected chi connectivity index (χ2v) is 4.83. The van der Waals surface area contributed by atoms with Crippen molar-refractivity contribution in [1.82, 2.24) is 4.90 Å². The number of fused-ring (bicyclic) bond motifs is 1. The Labute approximate surface area is 117 Å². The third kappa shape index (κ3) is 2.13. The van der Waals surface area contributed by atoms with Crippen LogP contribution in [0.25, 0.3) is 10.8 Å². The predicted molar refractivity (Wildman–Crippen MR) is 77.4 cm³/mol. The molecule has 0 aromatic heterocycles. The van der Waals surface area contributed by atoms with E-state index >= 15 is 0 Å². The molecule has 0 saturated carbocycles. The Kier molecular flexibility index (Phi) is 3.74. The van der Waals surface area contributed by atoms with Gasteiger partial charge in [0.05, 0.1) is 0 Å². The largest absolute Gasteiger partial charge is 0.479 e. The van der Waals surface area contributed by atoms with Crippen LogP contribution in [0.1, 0.15) is 19.4 Å². The second-order valence-electron chi connectivity index (χ2n) is 4.83. The SMILES string of the molecule is CCN(C=O)C(C)(C(=O)O)c1ccc2ccccc2c1. The highest BCUT2D eigenvalue weighted by molar-refractivity contribution is 5.88. The molecule has 1 unspecified atom stereocenters. The van der Waals surface area contributed by atoms with E-state index < -0.39 is 11.5 Å². The monoisotopic (exact) mass is 271 g/mol. The zero-order valence-corrected chi connectivity index (χ0v) is 11.5. The Morgan fingerprint density at radius 2 is 1.90 bits per heavy atom. The summed E-state index contributed by atoms with van der Waals surface area (Å²) in [6.45, 7) is 3.65. The number of amides is 1. The van der Waals surface area contributed by atoms with Gasteiger partial charge in [-0.1, -0.05) is 36.4 Å². The van der Waals surface area contributed by atoms with Gasteiger partial charge in [0.25, 0.3) is 0 Å². The number of carboxylic acids is 1. The van der Waals surface area contributed by atoms with Crippen molar-refractivity contribution in [2.75, 3.05) is 6.54 Å². The summed E-state index contributed by atoms with van der Waals surface area (Å²) in [7, 11) is 0. The Bertz CT molecular complexity index is 653. The molecule has 0 heterocycles. The molecule has 20 heavy (non-hydrogen) atoms. The molecule has 0 spiro atoms. The van der Waals surface area contributed by atoms with Gasteiger partial charge in [0.1, 0.15) is 0 Å². The van der Waals surface area contributed by atoms with E-state index in [4.69, 9.17) is 0 Å². The van der Waals surface area contributed by atoms with Crippen LogP contribution in [-0.4, -0.2) is 28.9 Å². The lowest BCUT2D eigenvalue weighted by atomic mass is 9.89. The minimum absolute atomic E-state index is 0.332. The van der Waals surface area contributed by atoms with Crippen molar-refractivity contribution in [3.8, 4) is 0 Å². The summed E-state index contributed by atoms with van der Waals surface area (Å²) in [5.74, 6) is -1.04. The van der Waals surface area contributed by atoms with Gasteiger partial charge in [-0.05, 0) is 36.2 Å². The molecule has 1 atom stereocenters. The zero-order valence-electron chi connectivity index (χ0n) is 11.5. The summed E-state index contributed by atoms with van der Waals surface area (Å²) in [6.07, 6.45) is 0.587. The Balaban J connectivity index is 2.62. The number of benzene rings is 2. The van der Waals surface area contributed by atoms with Crippen molar-refractivity contribution in [1.29, 1.82) is 0 Å². The number of hydrogen-bond acceptors (Lipinski definition) is 2. The molecule has 0 bridgehead atoms. The van der Waals surface area contributed by atoms with Crippen LogP contribution in [-0.2, 0) is 15.1 Å². The van der Waals surface area contributed by atoms with Gasteiger partial charge >= 0.3 is 5.97 Å². The zero-order chi connectivity index (χ0) is 14.8. The maximum atomic E-state index is 11.7. The quantitative estimate of drug-likeness (QED) is 0.850. The summed E-state index contributed by atoms with van der Waals surface area (Å²) in [6, 6.07) is 13.2. The lowest BCUT2D eigenvalue weighted by Crippen LogP contribution is -2.49. The van der Waals surface area contributed by atoms with Crippen molar-refractivity contribution < 1.29 is 14.7 Å². The summed E-state index contributed by atoms with van der Waals surface area (Å²) >= 11 is 0. The number of aliphatic carboxylic acids is 1. The van der Waals surface area contributed by atoms with Crippen molar-refractivity contribution in [3.63, 3.8) is 0 Å². The van der Waals surface area contributed by atoms with E-state index in [1.807, 2.05) is 36.4 Å². The van der Waals surface area contributed by atoms with Crippen LogP contribution in [0.5, 0.6) is 0 Å². The first-order chi connectivity index (χ1) is 9.53. The number of nitrogens with zero attached hydrogens (tertiary/aromatic N) is 1. The van der Waals surface area contributed by atoms with E-state index in [-0.39, 0.29) is 0 Å². The van der Waals surface area contributed by atoms with Crippen LogP contribution in [0.4, 0.5) is 0 Å². The van der Waals surface area contributed by atoms with E-state index in [1.165, 1.54) is 4.90 Å². The minimum atomic E-state index is -1.36. The predicted octanol–water partition coefficient (Wildman–Crippen LogP) is 2.62. The number of likely N-dealkylation sites (N-methyl/N-ethyl adjacent to an activating group) is 1. The topological polar surface area (TPSA) is 57.6 Å². The molecule has 0 aliphatic heterocycles. The molecular weight excluding hydrogens is 254 g/mol. The summed E-state index contributed by atoms with van der Waals surface area (Å²) in [4.78, 5) is 24.2. The molecular formula is C16H17NO3. The van der Waals surface area contributed by atoms with Gasteiger partial charge in [-0.3, -0.25) is 4.79 Å². The van der Waals surface area contributed by atoms with Gasteiger partial charge in [-0.15, -0.1) is 0 Å². The highest BCUT2D eigenvalue weighted by Gasteiger charge is 2.40. The number of carbonyl (C=O) groups is 2. The summed E-state index contributed by atoms with van der Waals surface area (Å²) < 4.78 is 0. The molecule has 104 valence electrons. The highest BCUT2D eigenvalue weighted by atomic mass is 16.4. The number of carboxylic acid groups (broad SMARTS) is 1. The van der Waals surface area contributed by atoms with Crippen LogP contribution < -0.4 is 0 Å². The molecule has 1 amide bonds. The molecule has 4 nitrogen and oxygen atoms in total. The van der Waals surface area contributed by atoms with E-state index in [0.717, 1.165) is 10.8 Å². The third-order valence-electron chi connectivity index (χ3n) is 3.77. The summed E-state index contributed by atoms with van der Waals surface area (Å²) in [5, 5.41) is 11.6. The third-order valence-corrected chi connectivity index (χ3v) is 3.77. The number of carbonyl (C=O) groups excluding carboxylic acids is 1. The Morgan fingerprint density at radius 3 is 2.45 bits per heavy atom. The standard InChI is InChI=1S/C16H17NO3/c1-3-17(11-18)16(2,15(19)20)14-9-8-12-6-4-5-7-13(12)10-14/h4-11H,3H2,1-2H3,(H,19,20).